The van der Waals surface area contributed by atoms with E-state index in [0.29, 0.717) is 11.6 Å². The molecule has 0 spiro atoms. The van der Waals surface area contributed by atoms with E-state index in [1.54, 1.807) is 6.07 Å². The van der Waals surface area contributed by atoms with E-state index in [1.807, 2.05) is 12.1 Å². The van der Waals surface area contributed by atoms with E-state index >= 15 is 0 Å². The predicted molar refractivity (Wildman–Crippen MR) is 68.7 cm³/mol. The first-order chi connectivity index (χ1) is 7.63. The minimum absolute atomic E-state index is 0.224. The fourth-order valence-electron chi connectivity index (χ4n) is 1.22. The number of carbonyl (C=O) groups is 1. The third-order valence-corrected chi connectivity index (χ3v) is 2.97. The van der Waals surface area contributed by atoms with Gasteiger partial charge in [-0.1, -0.05) is 40.9 Å². The lowest BCUT2D eigenvalue weighted by atomic mass is 10.1. The molecule has 0 amide bonds. The number of rotatable bonds is 5. The Bertz CT molecular complexity index is 366. The molecule has 0 N–H and O–H groups in total. The highest BCUT2D eigenvalue weighted by Gasteiger charge is 2.08. The summed E-state index contributed by atoms with van der Waals surface area (Å²) in [5.74, 6) is -0.228. The van der Waals surface area contributed by atoms with Crippen molar-refractivity contribution >= 4 is 33.5 Å². The van der Waals surface area contributed by atoms with Crippen molar-refractivity contribution in [1.82, 2.24) is 0 Å². The smallest absolute Gasteiger partial charge is 0.310 e. The molecular formula is C12H14BrClO2. The molecule has 0 aliphatic carbocycles. The average molecular weight is 306 g/mol. The molecule has 0 aromatic heterocycles. The van der Waals surface area contributed by atoms with Crippen LogP contribution in [0, 0.1) is 0 Å². The fraction of sp³-hybridized carbons (Fsp3) is 0.417. The number of esters is 1. The molecule has 1 aromatic rings. The third kappa shape index (κ3) is 4.54. The number of benzene rings is 1. The number of hydrogen-bond donors (Lipinski definition) is 0. The quantitative estimate of drug-likeness (QED) is 0.607. The van der Waals surface area contributed by atoms with E-state index in [0.717, 1.165) is 22.9 Å². The van der Waals surface area contributed by atoms with E-state index in [9.17, 15) is 4.79 Å². The van der Waals surface area contributed by atoms with Crippen LogP contribution in [0.5, 0.6) is 0 Å². The summed E-state index contributed by atoms with van der Waals surface area (Å²) < 4.78 is 5.98. The Hall–Kier alpha value is -0.540. The van der Waals surface area contributed by atoms with Crippen LogP contribution in [0.4, 0.5) is 0 Å². The van der Waals surface area contributed by atoms with Crippen LogP contribution in [-0.2, 0) is 16.0 Å². The van der Waals surface area contributed by atoms with E-state index < -0.39 is 0 Å². The summed E-state index contributed by atoms with van der Waals surface area (Å²) in [7, 11) is 0. The molecule has 0 aliphatic heterocycles. The zero-order chi connectivity index (χ0) is 12.0. The molecule has 16 heavy (non-hydrogen) atoms. The highest BCUT2D eigenvalue weighted by Crippen LogP contribution is 2.21. The average Bonchev–Trinajstić information content (AvgIpc) is 2.24. The zero-order valence-electron chi connectivity index (χ0n) is 9.13. The highest BCUT2D eigenvalue weighted by atomic mass is 79.9. The van der Waals surface area contributed by atoms with E-state index in [2.05, 4.69) is 22.9 Å². The minimum atomic E-state index is -0.228. The van der Waals surface area contributed by atoms with Crippen molar-refractivity contribution < 1.29 is 9.53 Å². The van der Waals surface area contributed by atoms with Gasteiger partial charge in [-0.25, -0.2) is 0 Å². The molecule has 0 heterocycles. The van der Waals surface area contributed by atoms with Gasteiger partial charge in [0.05, 0.1) is 13.0 Å². The van der Waals surface area contributed by atoms with Crippen molar-refractivity contribution in [1.29, 1.82) is 0 Å². The molecule has 0 saturated heterocycles. The topological polar surface area (TPSA) is 26.3 Å². The number of carbonyl (C=O) groups excluding carboxylic acids is 1. The summed E-state index contributed by atoms with van der Waals surface area (Å²) in [6.07, 6.45) is 2.14. The Balaban J connectivity index is 2.52. The SMILES string of the molecule is CCCCOC(=O)Cc1cc(Br)ccc1Cl. The van der Waals surface area contributed by atoms with Gasteiger partial charge >= 0.3 is 5.97 Å². The Morgan fingerprint density at radius 2 is 2.25 bits per heavy atom. The molecule has 4 heteroatoms. The molecule has 88 valence electrons. The fourth-order valence-corrected chi connectivity index (χ4v) is 1.81. The molecule has 0 bridgehead atoms. The van der Waals surface area contributed by atoms with Crippen LogP contribution in [0.1, 0.15) is 25.3 Å². The number of hydrogen-bond acceptors (Lipinski definition) is 2. The second-order valence-corrected chi connectivity index (χ2v) is 4.81. The molecule has 0 atom stereocenters. The lowest BCUT2D eigenvalue weighted by Crippen LogP contribution is -2.09. The van der Waals surface area contributed by atoms with Crippen molar-refractivity contribution in [3.8, 4) is 0 Å². The van der Waals surface area contributed by atoms with Gasteiger partial charge < -0.3 is 4.74 Å². The van der Waals surface area contributed by atoms with Gasteiger partial charge in [0.15, 0.2) is 0 Å². The van der Waals surface area contributed by atoms with E-state index in [-0.39, 0.29) is 12.4 Å². The molecular weight excluding hydrogens is 291 g/mol. The Labute approximate surface area is 109 Å². The molecule has 1 aromatic carbocycles. The highest BCUT2D eigenvalue weighted by molar-refractivity contribution is 9.10. The molecule has 0 radical (unpaired) electrons. The largest absolute Gasteiger partial charge is 0.465 e. The van der Waals surface area contributed by atoms with Crippen LogP contribution < -0.4 is 0 Å². The number of ether oxygens (including phenoxy) is 1. The van der Waals surface area contributed by atoms with Crippen LogP contribution in [-0.4, -0.2) is 12.6 Å². The second kappa shape index (κ2) is 6.92. The molecule has 0 saturated carbocycles. The molecule has 2 nitrogen and oxygen atoms in total. The normalized spacial score (nSPS) is 10.2. The maximum atomic E-state index is 11.5. The van der Waals surface area contributed by atoms with Gasteiger partial charge in [0.1, 0.15) is 0 Å². The van der Waals surface area contributed by atoms with Gasteiger partial charge in [-0.2, -0.15) is 0 Å². The van der Waals surface area contributed by atoms with Gasteiger partial charge in [-0.3, -0.25) is 4.79 Å². The molecule has 0 fully saturated rings. The summed E-state index contributed by atoms with van der Waals surface area (Å²) in [5, 5.41) is 0.593. The van der Waals surface area contributed by atoms with Crippen LogP contribution in [0.25, 0.3) is 0 Å². The molecule has 1 rings (SSSR count). The summed E-state index contributed by atoms with van der Waals surface area (Å²) in [4.78, 5) is 11.5. The minimum Gasteiger partial charge on any atom is -0.465 e. The summed E-state index contributed by atoms with van der Waals surface area (Å²) in [5.41, 5.74) is 0.789. The van der Waals surface area contributed by atoms with Gasteiger partial charge in [0.25, 0.3) is 0 Å². The summed E-state index contributed by atoms with van der Waals surface area (Å²) in [6, 6.07) is 5.44. The van der Waals surface area contributed by atoms with Crippen molar-refractivity contribution in [2.75, 3.05) is 6.61 Å². The van der Waals surface area contributed by atoms with Crippen molar-refractivity contribution in [2.45, 2.75) is 26.2 Å². The van der Waals surface area contributed by atoms with Gasteiger partial charge in [-0.15, -0.1) is 0 Å². The van der Waals surface area contributed by atoms with E-state index in [1.165, 1.54) is 0 Å². The summed E-state index contributed by atoms with van der Waals surface area (Å²) in [6.45, 7) is 2.54. The van der Waals surface area contributed by atoms with Gasteiger partial charge in [-0.05, 0) is 30.2 Å². The Morgan fingerprint density at radius 3 is 2.94 bits per heavy atom. The number of halogens is 2. The molecule has 0 aliphatic rings. The lowest BCUT2D eigenvalue weighted by molar-refractivity contribution is -0.142. The second-order valence-electron chi connectivity index (χ2n) is 3.49. The van der Waals surface area contributed by atoms with Crippen molar-refractivity contribution in [3.05, 3.63) is 33.3 Å². The summed E-state index contributed by atoms with van der Waals surface area (Å²) >= 11 is 9.31. The first-order valence-corrected chi connectivity index (χ1v) is 6.40. The Morgan fingerprint density at radius 1 is 1.50 bits per heavy atom. The lowest BCUT2D eigenvalue weighted by Gasteiger charge is -2.06. The van der Waals surface area contributed by atoms with Crippen LogP contribution in [0.2, 0.25) is 5.02 Å². The zero-order valence-corrected chi connectivity index (χ0v) is 11.5. The van der Waals surface area contributed by atoms with Crippen molar-refractivity contribution in [2.24, 2.45) is 0 Å². The first-order valence-electron chi connectivity index (χ1n) is 5.23. The monoisotopic (exact) mass is 304 g/mol. The number of unbranched alkanes of at least 4 members (excludes halogenated alkanes) is 1. The predicted octanol–water partition coefficient (Wildman–Crippen LogP) is 3.99. The van der Waals surface area contributed by atoms with E-state index in [4.69, 9.17) is 16.3 Å². The maximum absolute atomic E-state index is 11.5. The van der Waals surface area contributed by atoms with Crippen molar-refractivity contribution in [3.63, 3.8) is 0 Å². The standard InChI is InChI=1S/C12H14BrClO2/c1-2-3-6-16-12(15)8-9-7-10(13)4-5-11(9)14/h4-5,7H,2-3,6,8H2,1H3. The van der Waals surface area contributed by atoms with Crippen LogP contribution in [0.3, 0.4) is 0 Å². The van der Waals surface area contributed by atoms with Gasteiger partial charge in [0, 0.05) is 9.50 Å². The first kappa shape index (κ1) is 13.5. The van der Waals surface area contributed by atoms with Crippen LogP contribution >= 0.6 is 27.5 Å². The maximum Gasteiger partial charge on any atom is 0.310 e. The third-order valence-electron chi connectivity index (χ3n) is 2.10. The molecule has 0 unspecified atom stereocenters. The van der Waals surface area contributed by atoms with Crippen LogP contribution in [0.15, 0.2) is 22.7 Å². The van der Waals surface area contributed by atoms with Gasteiger partial charge in [0.2, 0.25) is 0 Å². The Kier molecular flexibility index (Phi) is 5.85.